The predicted octanol–water partition coefficient (Wildman–Crippen LogP) is 0.267. The molecule has 1 aliphatic carbocycles. The fraction of sp³-hybridized carbons (Fsp3) is 0.375. The van der Waals surface area contributed by atoms with Gasteiger partial charge in [0.15, 0.2) is 0 Å². The molecule has 0 spiro atoms. The summed E-state index contributed by atoms with van der Waals surface area (Å²) in [6.07, 6.45) is 5.93. The Labute approximate surface area is 65.2 Å². The van der Waals surface area contributed by atoms with Crippen molar-refractivity contribution in [1.82, 2.24) is 10.6 Å². The van der Waals surface area contributed by atoms with E-state index in [4.69, 9.17) is 0 Å². The van der Waals surface area contributed by atoms with Crippen LogP contribution >= 0.6 is 0 Å². The Hall–Kier alpha value is -1.25. The molecule has 0 fully saturated rings. The molecule has 2 aliphatic rings. The van der Waals surface area contributed by atoms with Crippen LogP contribution in [-0.4, -0.2) is 12.6 Å². The summed E-state index contributed by atoms with van der Waals surface area (Å²) in [4.78, 5) is 11.2. The van der Waals surface area contributed by atoms with Crippen molar-refractivity contribution in [2.75, 3.05) is 6.67 Å². The van der Waals surface area contributed by atoms with E-state index in [0.717, 1.165) is 24.1 Å². The fourth-order valence-electron chi connectivity index (χ4n) is 1.39. The van der Waals surface area contributed by atoms with Crippen LogP contribution in [-0.2, 0) is 4.79 Å². The van der Waals surface area contributed by atoms with E-state index in [1.807, 2.05) is 12.2 Å². The lowest BCUT2D eigenvalue weighted by molar-refractivity contribution is -0.117. The Bertz CT molecular complexity index is 253. The number of carbonyl (C=O) groups excluding carboxylic acids is 1. The summed E-state index contributed by atoms with van der Waals surface area (Å²) in [5.74, 6) is 0.0506. The summed E-state index contributed by atoms with van der Waals surface area (Å²) < 4.78 is 0. The van der Waals surface area contributed by atoms with E-state index in [1.165, 1.54) is 0 Å². The second-order valence-corrected chi connectivity index (χ2v) is 2.69. The number of carbonyl (C=O) groups is 1. The highest BCUT2D eigenvalue weighted by Crippen LogP contribution is 2.17. The Balaban J connectivity index is 2.35. The molecule has 0 aromatic carbocycles. The van der Waals surface area contributed by atoms with Crippen LogP contribution in [0.2, 0.25) is 0 Å². The van der Waals surface area contributed by atoms with Crippen LogP contribution in [0.25, 0.3) is 0 Å². The lowest BCUT2D eigenvalue weighted by Gasteiger charge is -2.22. The monoisotopic (exact) mass is 150 g/mol. The van der Waals surface area contributed by atoms with Gasteiger partial charge in [0, 0.05) is 5.70 Å². The van der Waals surface area contributed by atoms with E-state index < -0.39 is 0 Å². The summed E-state index contributed by atoms with van der Waals surface area (Å²) >= 11 is 0. The zero-order valence-corrected chi connectivity index (χ0v) is 6.18. The summed E-state index contributed by atoms with van der Waals surface area (Å²) in [6.45, 7) is 0.575. The van der Waals surface area contributed by atoms with Crippen LogP contribution in [0.4, 0.5) is 0 Å². The maximum absolute atomic E-state index is 11.2. The molecule has 0 saturated carbocycles. The Kier molecular flexibility index (Phi) is 1.42. The third-order valence-electron chi connectivity index (χ3n) is 1.97. The molecule has 0 atom stereocenters. The molecular weight excluding hydrogens is 140 g/mol. The molecule has 0 aromatic heterocycles. The summed E-state index contributed by atoms with van der Waals surface area (Å²) in [5, 5.41) is 5.87. The molecule has 3 heteroatoms. The Morgan fingerprint density at radius 3 is 3.09 bits per heavy atom. The minimum atomic E-state index is 0.0506. The molecule has 0 aromatic rings. The molecule has 0 unspecified atom stereocenters. The van der Waals surface area contributed by atoms with Gasteiger partial charge in [-0.3, -0.25) is 4.79 Å². The first-order valence-electron chi connectivity index (χ1n) is 3.80. The minimum absolute atomic E-state index is 0.0506. The van der Waals surface area contributed by atoms with Gasteiger partial charge in [-0.2, -0.15) is 0 Å². The zero-order valence-electron chi connectivity index (χ0n) is 6.18. The number of hydrogen-bond acceptors (Lipinski definition) is 2. The second kappa shape index (κ2) is 2.42. The molecule has 0 saturated heterocycles. The fourth-order valence-corrected chi connectivity index (χ4v) is 1.39. The molecule has 3 nitrogen and oxygen atoms in total. The number of allylic oxidation sites excluding steroid dienone is 2. The molecule has 0 bridgehead atoms. The third-order valence-corrected chi connectivity index (χ3v) is 1.97. The number of hydrogen-bond donors (Lipinski definition) is 2. The van der Waals surface area contributed by atoms with E-state index in [-0.39, 0.29) is 5.91 Å². The standard InChI is InChI=1S/C8H10N2O/c11-8-6-3-1-2-4-7(6)9-5-10-8/h1,3,9H,2,4-5H2,(H,10,11). The molecule has 1 amide bonds. The summed E-state index contributed by atoms with van der Waals surface area (Å²) in [6, 6.07) is 0. The highest BCUT2D eigenvalue weighted by molar-refractivity contribution is 5.97. The number of amides is 1. The third kappa shape index (κ3) is 1.02. The van der Waals surface area contributed by atoms with Crippen molar-refractivity contribution in [3.63, 3.8) is 0 Å². The van der Waals surface area contributed by atoms with Crippen LogP contribution in [0.15, 0.2) is 23.4 Å². The molecule has 2 N–H and O–H groups in total. The smallest absolute Gasteiger partial charge is 0.254 e. The normalized spacial score (nSPS) is 22.4. The van der Waals surface area contributed by atoms with Gasteiger partial charge in [-0.15, -0.1) is 0 Å². The molecule has 1 heterocycles. The first kappa shape index (κ1) is 6.46. The average Bonchev–Trinajstić information content (AvgIpc) is 2.06. The van der Waals surface area contributed by atoms with Crippen molar-refractivity contribution in [3.05, 3.63) is 23.4 Å². The molecule has 58 valence electrons. The van der Waals surface area contributed by atoms with Gasteiger partial charge in [-0.25, -0.2) is 0 Å². The van der Waals surface area contributed by atoms with E-state index in [1.54, 1.807) is 0 Å². The molecule has 1 aliphatic heterocycles. The van der Waals surface area contributed by atoms with Crippen LogP contribution in [0, 0.1) is 0 Å². The SMILES string of the molecule is O=C1NCNC2=C1C=CCC2. The highest BCUT2D eigenvalue weighted by Gasteiger charge is 2.18. The maximum atomic E-state index is 11.2. The van der Waals surface area contributed by atoms with Crippen LogP contribution in [0.3, 0.4) is 0 Å². The quantitative estimate of drug-likeness (QED) is 0.520. The van der Waals surface area contributed by atoms with Gasteiger partial charge in [0.2, 0.25) is 0 Å². The molecule has 0 radical (unpaired) electrons. The van der Waals surface area contributed by atoms with Crippen molar-refractivity contribution >= 4 is 5.91 Å². The first-order valence-corrected chi connectivity index (χ1v) is 3.80. The van der Waals surface area contributed by atoms with Crippen LogP contribution in [0.1, 0.15) is 12.8 Å². The van der Waals surface area contributed by atoms with Gasteiger partial charge in [0.05, 0.1) is 12.2 Å². The van der Waals surface area contributed by atoms with Crippen molar-refractivity contribution < 1.29 is 4.79 Å². The number of rotatable bonds is 0. The average molecular weight is 150 g/mol. The molecule has 2 rings (SSSR count). The zero-order chi connectivity index (χ0) is 7.68. The summed E-state index contributed by atoms with van der Waals surface area (Å²) in [7, 11) is 0. The van der Waals surface area contributed by atoms with Crippen LogP contribution in [0.5, 0.6) is 0 Å². The summed E-state index contributed by atoms with van der Waals surface area (Å²) in [5.41, 5.74) is 1.90. The second-order valence-electron chi connectivity index (χ2n) is 2.69. The lowest BCUT2D eigenvalue weighted by atomic mass is 10.0. The van der Waals surface area contributed by atoms with E-state index >= 15 is 0 Å². The van der Waals surface area contributed by atoms with Crippen molar-refractivity contribution in [1.29, 1.82) is 0 Å². The Morgan fingerprint density at radius 1 is 1.36 bits per heavy atom. The van der Waals surface area contributed by atoms with Crippen molar-refractivity contribution in [2.45, 2.75) is 12.8 Å². The topological polar surface area (TPSA) is 41.1 Å². The lowest BCUT2D eigenvalue weighted by Crippen LogP contribution is -2.41. The predicted molar refractivity (Wildman–Crippen MR) is 41.5 cm³/mol. The van der Waals surface area contributed by atoms with Gasteiger partial charge in [-0.1, -0.05) is 12.2 Å². The highest BCUT2D eigenvalue weighted by atomic mass is 16.1. The maximum Gasteiger partial charge on any atom is 0.254 e. The minimum Gasteiger partial charge on any atom is -0.371 e. The van der Waals surface area contributed by atoms with E-state index in [2.05, 4.69) is 10.6 Å². The van der Waals surface area contributed by atoms with Gasteiger partial charge in [-0.05, 0) is 12.8 Å². The molecule has 11 heavy (non-hydrogen) atoms. The van der Waals surface area contributed by atoms with Crippen molar-refractivity contribution in [2.24, 2.45) is 0 Å². The first-order chi connectivity index (χ1) is 5.38. The van der Waals surface area contributed by atoms with Crippen LogP contribution < -0.4 is 10.6 Å². The molecular formula is C8H10N2O. The Morgan fingerprint density at radius 2 is 2.27 bits per heavy atom. The van der Waals surface area contributed by atoms with E-state index in [9.17, 15) is 4.79 Å². The van der Waals surface area contributed by atoms with Crippen molar-refractivity contribution in [3.8, 4) is 0 Å². The van der Waals surface area contributed by atoms with Gasteiger partial charge in [0.25, 0.3) is 5.91 Å². The largest absolute Gasteiger partial charge is 0.371 e. The van der Waals surface area contributed by atoms with Gasteiger partial charge >= 0.3 is 0 Å². The number of nitrogens with one attached hydrogen (secondary N) is 2. The van der Waals surface area contributed by atoms with Gasteiger partial charge in [0.1, 0.15) is 0 Å². The van der Waals surface area contributed by atoms with Gasteiger partial charge < -0.3 is 10.6 Å². The van der Waals surface area contributed by atoms with E-state index in [0.29, 0.717) is 6.67 Å².